The molecule has 0 atom stereocenters. The van der Waals surface area contributed by atoms with Gasteiger partial charge in [0.15, 0.2) is 5.96 Å². The lowest BCUT2D eigenvalue weighted by Gasteiger charge is -2.25. The van der Waals surface area contributed by atoms with Gasteiger partial charge in [-0.1, -0.05) is 13.8 Å². The van der Waals surface area contributed by atoms with E-state index >= 15 is 0 Å². The molecular formula is C17H36N4O2. The average molecular weight is 329 g/mol. The Hall–Kier alpha value is -1.30. The van der Waals surface area contributed by atoms with Gasteiger partial charge in [0.2, 0.25) is 5.91 Å². The molecule has 0 aliphatic rings. The zero-order chi connectivity index (χ0) is 17.7. The van der Waals surface area contributed by atoms with Crippen LogP contribution in [0.2, 0.25) is 0 Å². The van der Waals surface area contributed by atoms with Crippen LogP contribution in [0.3, 0.4) is 0 Å². The molecule has 0 spiro atoms. The summed E-state index contributed by atoms with van der Waals surface area (Å²) in [5.74, 6) is 1.53. The molecule has 0 saturated carbocycles. The Labute approximate surface area is 142 Å². The molecule has 0 saturated heterocycles. The molecule has 0 rings (SSSR count). The van der Waals surface area contributed by atoms with E-state index in [9.17, 15) is 4.79 Å². The van der Waals surface area contributed by atoms with Crippen LogP contribution in [0.15, 0.2) is 4.99 Å². The van der Waals surface area contributed by atoms with Crippen molar-refractivity contribution < 1.29 is 9.53 Å². The minimum absolute atomic E-state index is 0.122. The van der Waals surface area contributed by atoms with E-state index in [1.54, 1.807) is 0 Å². The molecule has 136 valence electrons. The van der Waals surface area contributed by atoms with Gasteiger partial charge in [-0.25, -0.2) is 0 Å². The Kier molecular flexibility index (Phi) is 12.4. The fourth-order valence-corrected chi connectivity index (χ4v) is 2.06. The molecule has 0 heterocycles. The second-order valence-electron chi connectivity index (χ2n) is 5.95. The summed E-state index contributed by atoms with van der Waals surface area (Å²) >= 11 is 0. The second kappa shape index (κ2) is 13.2. The van der Waals surface area contributed by atoms with Crippen LogP contribution in [0.25, 0.3) is 0 Å². The van der Waals surface area contributed by atoms with Gasteiger partial charge in [0.1, 0.15) is 0 Å². The fourth-order valence-electron chi connectivity index (χ4n) is 2.06. The lowest BCUT2D eigenvalue weighted by atomic mass is 10.1. The molecule has 0 radical (unpaired) electrons. The molecule has 0 unspecified atom stereocenters. The summed E-state index contributed by atoms with van der Waals surface area (Å²) in [6, 6.07) is 0. The van der Waals surface area contributed by atoms with Crippen molar-refractivity contribution in [3.63, 3.8) is 0 Å². The molecule has 6 nitrogen and oxygen atoms in total. The molecule has 0 aliphatic heterocycles. The number of ether oxygens (including phenoxy) is 1. The first-order chi connectivity index (χ1) is 11.0. The Morgan fingerprint density at radius 1 is 1.17 bits per heavy atom. The zero-order valence-electron chi connectivity index (χ0n) is 15.9. The molecule has 0 aromatic rings. The van der Waals surface area contributed by atoms with Gasteiger partial charge in [-0.2, -0.15) is 0 Å². The SMILES string of the molecule is CCNC(=NCCOCCC(C)C)N(C)CC(=O)N(CC)CC. The van der Waals surface area contributed by atoms with Crippen molar-refractivity contribution in [2.75, 3.05) is 53.0 Å². The highest BCUT2D eigenvalue weighted by Gasteiger charge is 2.14. The summed E-state index contributed by atoms with van der Waals surface area (Å²) in [5.41, 5.74) is 0. The number of nitrogens with zero attached hydrogens (tertiary/aromatic N) is 3. The van der Waals surface area contributed by atoms with Crippen LogP contribution in [0.5, 0.6) is 0 Å². The number of amides is 1. The number of nitrogens with one attached hydrogen (secondary N) is 1. The number of hydrogen-bond acceptors (Lipinski definition) is 3. The number of hydrogen-bond donors (Lipinski definition) is 1. The van der Waals surface area contributed by atoms with Gasteiger partial charge in [-0.3, -0.25) is 9.79 Å². The fraction of sp³-hybridized carbons (Fsp3) is 0.882. The summed E-state index contributed by atoms with van der Waals surface area (Å²) < 4.78 is 5.58. The second-order valence-corrected chi connectivity index (χ2v) is 5.95. The normalized spacial score (nSPS) is 11.7. The predicted octanol–water partition coefficient (Wildman–Crippen LogP) is 1.81. The van der Waals surface area contributed by atoms with Crippen molar-refractivity contribution in [2.24, 2.45) is 10.9 Å². The van der Waals surface area contributed by atoms with Gasteiger partial charge in [0.25, 0.3) is 0 Å². The maximum absolute atomic E-state index is 12.2. The summed E-state index contributed by atoms with van der Waals surface area (Å²) in [6.07, 6.45) is 1.07. The monoisotopic (exact) mass is 328 g/mol. The minimum Gasteiger partial charge on any atom is -0.380 e. The third-order valence-corrected chi connectivity index (χ3v) is 3.52. The Balaban J connectivity index is 4.35. The predicted molar refractivity (Wildman–Crippen MR) is 96.8 cm³/mol. The van der Waals surface area contributed by atoms with Crippen LogP contribution in [-0.4, -0.2) is 74.7 Å². The average Bonchev–Trinajstić information content (AvgIpc) is 2.50. The molecule has 1 amide bonds. The molecule has 0 fully saturated rings. The maximum Gasteiger partial charge on any atom is 0.242 e. The number of aliphatic imine (C=N–C) groups is 1. The largest absolute Gasteiger partial charge is 0.380 e. The van der Waals surface area contributed by atoms with Crippen LogP contribution >= 0.6 is 0 Å². The number of guanidine groups is 1. The molecule has 0 bridgehead atoms. The van der Waals surface area contributed by atoms with Crippen molar-refractivity contribution in [1.29, 1.82) is 0 Å². The molecule has 1 N–H and O–H groups in total. The summed E-state index contributed by atoms with van der Waals surface area (Å²) in [4.78, 5) is 20.4. The number of carbonyl (C=O) groups excluding carboxylic acids is 1. The summed E-state index contributed by atoms with van der Waals surface area (Å²) in [5, 5.41) is 3.22. The maximum atomic E-state index is 12.2. The third kappa shape index (κ3) is 10.2. The van der Waals surface area contributed by atoms with Crippen LogP contribution < -0.4 is 5.32 Å². The molecule has 0 aromatic carbocycles. The van der Waals surface area contributed by atoms with Crippen molar-refractivity contribution in [1.82, 2.24) is 15.1 Å². The smallest absolute Gasteiger partial charge is 0.242 e. The number of carbonyl (C=O) groups is 1. The van der Waals surface area contributed by atoms with E-state index in [1.165, 1.54) is 0 Å². The van der Waals surface area contributed by atoms with Gasteiger partial charge in [-0.05, 0) is 33.1 Å². The molecule has 6 heteroatoms. The third-order valence-electron chi connectivity index (χ3n) is 3.52. The summed E-state index contributed by atoms with van der Waals surface area (Å²) in [7, 11) is 1.89. The molecule has 0 aromatic heterocycles. The van der Waals surface area contributed by atoms with E-state index in [0.717, 1.165) is 38.6 Å². The number of rotatable bonds is 11. The van der Waals surface area contributed by atoms with Gasteiger partial charge in [0.05, 0.1) is 19.7 Å². The number of likely N-dealkylation sites (N-methyl/N-ethyl adjacent to an activating group) is 2. The molecule has 23 heavy (non-hydrogen) atoms. The first kappa shape index (κ1) is 21.7. The Bertz CT molecular complexity index is 341. The quantitative estimate of drug-likeness (QED) is 0.357. The topological polar surface area (TPSA) is 57.2 Å². The van der Waals surface area contributed by atoms with Crippen LogP contribution in [0, 0.1) is 5.92 Å². The zero-order valence-corrected chi connectivity index (χ0v) is 15.9. The standard InChI is InChI=1S/C17H36N4O2/c1-7-18-17(19-11-13-23-12-10-15(4)5)20(6)14-16(22)21(8-2)9-3/h15H,7-14H2,1-6H3,(H,18,19). The van der Waals surface area contributed by atoms with E-state index in [0.29, 0.717) is 25.6 Å². The first-order valence-corrected chi connectivity index (χ1v) is 8.81. The van der Waals surface area contributed by atoms with E-state index in [1.807, 2.05) is 37.6 Å². The summed E-state index contributed by atoms with van der Waals surface area (Å²) in [6.45, 7) is 15.0. The van der Waals surface area contributed by atoms with Crippen molar-refractivity contribution in [2.45, 2.75) is 41.0 Å². The van der Waals surface area contributed by atoms with Gasteiger partial charge < -0.3 is 19.9 Å². The minimum atomic E-state index is 0.122. The van der Waals surface area contributed by atoms with Gasteiger partial charge >= 0.3 is 0 Å². The molecular weight excluding hydrogens is 292 g/mol. The Morgan fingerprint density at radius 3 is 2.35 bits per heavy atom. The van der Waals surface area contributed by atoms with E-state index in [2.05, 4.69) is 24.2 Å². The lowest BCUT2D eigenvalue weighted by Crippen LogP contribution is -2.45. The highest BCUT2D eigenvalue weighted by Crippen LogP contribution is 1.98. The van der Waals surface area contributed by atoms with Crippen molar-refractivity contribution >= 4 is 11.9 Å². The van der Waals surface area contributed by atoms with Gasteiger partial charge in [0, 0.05) is 33.3 Å². The molecule has 0 aliphatic carbocycles. The van der Waals surface area contributed by atoms with E-state index in [-0.39, 0.29) is 5.91 Å². The van der Waals surface area contributed by atoms with Crippen molar-refractivity contribution in [3.8, 4) is 0 Å². The van der Waals surface area contributed by atoms with Crippen LogP contribution in [0.1, 0.15) is 41.0 Å². The Morgan fingerprint density at radius 2 is 1.83 bits per heavy atom. The van der Waals surface area contributed by atoms with Gasteiger partial charge in [-0.15, -0.1) is 0 Å². The van der Waals surface area contributed by atoms with Crippen LogP contribution in [0.4, 0.5) is 0 Å². The van der Waals surface area contributed by atoms with E-state index in [4.69, 9.17) is 4.74 Å². The van der Waals surface area contributed by atoms with E-state index < -0.39 is 0 Å². The first-order valence-electron chi connectivity index (χ1n) is 8.81. The van der Waals surface area contributed by atoms with Crippen molar-refractivity contribution in [3.05, 3.63) is 0 Å². The highest BCUT2D eigenvalue weighted by molar-refractivity contribution is 5.86. The van der Waals surface area contributed by atoms with Crippen LogP contribution in [-0.2, 0) is 9.53 Å². The lowest BCUT2D eigenvalue weighted by molar-refractivity contribution is -0.131. The highest BCUT2D eigenvalue weighted by atomic mass is 16.5.